The number of hydrogen-bond donors (Lipinski definition) is 2. The van der Waals surface area contributed by atoms with Gasteiger partial charge in [0.1, 0.15) is 5.75 Å². The fourth-order valence-corrected chi connectivity index (χ4v) is 4.66. The number of halogens is 3. The van der Waals surface area contributed by atoms with Crippen LogP contribution in [0.15, 0.2) is 85.3 Å². The van der Waals surface area contributed by atoms with E-state index in [1.165, 1.54) is 30.2 Å². The molecule has 43 heavy (non-hydrogen) atoms. The number of nitrogens with two attached hydrogens (primary N) is 1. The maximum atomic E-state index is 13.8. The van der Waals surface area contributed by atoms with Crippen LogP contribution in [0, 0.1) is 11.3 Å². The van der Waals surface area contributed by atoms with Crippen molar-refractivity contribution >= 4 is 28.8 Å². The molecule has 0 radical (unpaired) electrons. The topological polar surface area (TPSA) is 109 Å². The molecular weight excluding hydrogens is 577 g/mol. The minimum absolute atomic E-state index is 0.00553. The number of nitrogens with one attached hydrogen (secondary N) is 1. The van der Waals surface area contributed by atoms with Gasteiger partial charge in [0.25, 0.3) is 0 Å². The van der Waals surface area contributed by atoms with Gasteiger partial charge in [0.15, 0.2) is 10.9 Å². The number of carbonyl (C=O) groups is 1. The first-order chi connectivity index (χ1) is 20.6. The number of ether oxygens (including phenoxy) is 1. The number of rotatable bonds is 11. The molecule has 12 heteroatoms. The van der Waals surface area contributed by atoms with E-state index >= 15 is 0 Å². The fraction of sp³-hybridized carbons (Fsp3) is 0.226. The fourth-order valence-electron chi connectivity index (χ4n) is 4.40. The molecule has 4 aromatic rings. The standard InChI is InChI=1S/C31H29F3N6O2S/c1-42-26-12-10-24(11-13-26)38-30(43)39(18-23-4-2-3-5-27(23)31(32,33)34)19-28(36)29(41)14-25-16-37-20-40(25)17-22-8-6-21(15-35)7-9-22/h2-13,16,20,28H,14,17-19,36H2,1H3,(H,38,43). The van der Waals surface area contributed by atoms with E-state index < -0.39 is 17.8 Å². The van der Waals surface area contributed by atoms with Gasteiger partial charge in [-0.2, -0.15) is 18.4 Å². The molecule has 0 aliphatic heterocycles. The third-order valence-electron chi connectivity index (χ3n) is 6.73. The Morgan fingerprint density at radius 3 is 2.49 bits per heavy atom. The van der Waals surface area contributed by atoms with Crippen LogP contribution in [0.2, 0.25) is 0 Å². The SMILES string of the molecule is COc1ccc(NC(=S)N(Cc2ccccc2C(F)(F)F)CC(N)C(=O)Cc2cncn2Cc2ccc(C#N)cc2)cc1. The van der Waals surface area contributed by atoms with Crippen LogP contribution in [0.25, 0.3) is 0 Å². The summed E-state index contributed by atoms with van der Waals surface area (Å²) >= 11 is 5.59. The number of ketones is 1. The van der Waals surface area contributed by atoms with Gasteiger partial charge < -0.3 is 25.3 Å². The van der Waals surface area contributed by atoms with E-state index in [1.807, 2.05) is 12.1 Å². The number of aromatic nitrogens is 2. The summed E-state index contributed by atoms with van der Waals surface area (Å²) < 4.78 is 48.3. The molecule has 0 saturated heterocycles. The Hall–Kier alpha value is -4.73. The molecule has 8 nitrogen and oxygen atoms in total. The molecule has 0 bridgehead atoms. The zero-order valence-electron chi connectivity index (χ0n) is 23.2. The maximum Gasteiger partial charge on any atom is 0.416 e. The van der Waals surface area contributed by atoms with Gasteiger partial charge in [-0.3, -0.25) is 4.79 Å². The molecule has 3 N–H and O–H groups in total. The summed E-state index contributed by atoms with van der Waals surface area (Å²) in [6.45, 7) is 0.0752. The molecule has 1 atom stereocenters. The zero-order chi connectivity index (χ0) is 31.0. The third-order valence-corrected chi connectivity index (χ3v) is 7.09. The highest BCUT2D eigenvalue weighted by molar-refractivity contribution is 7.80. The second kappa shape index (κ2) is 14.0. The highest BCUT2D eigenvalue weighted by Crippen LogP contribution is 2.32. The van der Waals surface area contributed by atoms with E-state index in [4.69, 9.17) is 28.0 Å². The molecule has 0 saturated carbocycles. The predicted octanol–water partition coefficient (Wildman–Crippen LogP) is 5.17. The number of hydrogen-bond acceptors (Lipinski definition) is 6. The van der Waals surface area contributed by atoms with Crippen molar-refractivity contribution in [1.29, 1.82) is 5.26 Å². The Kier molecular flexibility index (Phi) is 10.1. The summed E-state index contributed by atoms with van der Waals surface area (Å²) in [5.41, 5.74) is 8.21. The normalized spacial score (nSPS) is 11.8. The highest BCUT2D eigenvalue weighted by atomic mass is 32.1. The molecule has 0 spiro atoms. The lowest BCUT2D eigenvalue weighted by Gasteiger charge is -2.29. The number of nitrogens with zero attached hydrogens (tertiary/aromatic N) is 4. The van der Waals surface area contributed by atoms with Crippen LogP contribution in [0.4, 0.5) is 18.9 Å². The van der Waals surface area contributed by atoms with Gasteiger partial charge >= 0.3 is 6.18 Å². The predicted molar refractivity (Wildman–Crippen MR) is 160 cm³/mol. The van der Waals surface area contributed by atoms with Crippen LogP contribution in [0.3, 0.4) is 0 Å². The maximum absolute atomic E-state index is 13.8. The van der Waals surface area contributed by atoms with Gasteiger partial charge in [0.05, 0.1) is 36.7 Å². The van der Waals surface area contributed by atoms with Crippen LogP contribution in [0.5, 0.6) is 5.75 Å². The van der Waals surface area contributed by atoms with Gasteiger partial charge in [0, 0.05) is 43.6 Å². The van der Waals surface area contributed by atoms with Crippen LogP contribution < -0.4 is 15.8 Å². The van der Waals surface area contributed by atoms with Gasteiger partial charge in [-0.25, -0.2) is 4.98 Å². The molecule has 0 aliphatic carbocycles. The number of carbonyl (C=O) groups excluding carboxylic acids is 1. The Bertz CT molecular complexity index is 1600. The smallest absolute Gasteiger partial charge is 0.416 e. The van der Waals surface area contributed by atoms with E-state index in [2.05, 4.69) is 16.4 Å². The van der Waals surface area contributed by atoms with Gasteiger partial charge in [0.2, 0.25) is 0 Å². The number of thiocarbonyl (C=S) groups is 1. The first-order valence-corrected chi connectivity index (χ1v) is 13.6. The third kappa shape index (κ3) is 8.41. The minimum atomic E-state index is -4.57. The van der Waals surface area contributed by atoms with Crippen molar-refractivity contribution < 1.29 is 22.7 Å². The Morgan fingerprint density at radius 2 is 1.84 bits per heavy atom. The lowest BCUT2D eigenvalue weighted by molar-refractivity contribution is -0.138. The summed E-state index contributed by atoms with van der Waals surface area (Å²) in [6, 6.07) is 20.2. The van der Waals surface area contributed by atoms with Crippen molar-refractivity contribution in [2.24, 2.45) is 5.73 Å². The van der Waals surface area contributed by atoms with Gasteiger partial charge in [-0.1, -0.05) is 30.3 Å². The molecule has 1 aromatic heterocycles. The number of nitriles is 1. The quantitative estimate of drug-likeness (QED) is 0.225. The van der Waals surface area contributed by atoms with Crippen molar-refractivity contribution in [2.45, 2.75) is 31.7 Å². The van der Waals surface area contributed by atoms with Crippen LogP contribution in [-0.2, 0) is 30.5 Å². The van der Waals surface area contributed by atoms with Gasteiger partial charge in [-0.05, 0) is 65.8 Å². The Balaban J connectivity index is 1.51. The van der Waals surface area contributed by atoms with Crippen LogP contribution in [-0.4, -0.2) is 45.0 Å². The van der Waals surface area contributed by atoms with E-state index in [0.29, 0.717) is 29.2 Å². The summed E-state index contributed by atoms with van der Waals surface area (Å²) in [5.74, 6) is 0.293. The summed E-state index contributed by atoms with van der Waals surface area (Å²) in [7, 11) is 1.53. The average molecular weight is 607 g/mol. The lowest BCUT2D eigenvalue weighted by Crippen LogP contribution is -2.47. The molecule has 222 valence electrons. The number of imidazole rings is 1. The van der Waals surface area contributed by atoms with Crippen molar-refractivity contribution in [1.82, 2.24) is 14.5 Å². The van der Waals surface area contributed by atoms with E-state index in [9.17, 15) is 18.0 Å². The molecule has 0 aliphatic rings. The van der Waals surface area contributed by atoms with Crippen molar-refractivity contribution in [2.75, 3.05) is 19.0 Å². The second-order valence-corrected chi connectivity index (χ2v) is 10.2. The van der Waals surface area contributed by atoms with E-state index in [0.717, 1.165) is 11.6 Å². The largest absolute Gasteiger partial charge is 0.497 e. The summed E-state index contributed by atoms with van der Waals surface area (Å²) in [6.07, 6.45) is -1.44. The number of anilines is 1. The Labute approximate surface area is 252 Å². The van der Waals surface area contributed by atoms with E-state index in [1.54, 1.807) is 53.5 Å². The number of alkyl halides is 3. The molecule has 0 fully saturated rings. The lowest BCUT2D eigenvalue weighted by atomic mass is 10.0. The monoisotopic (exact) mass is 606 g/mol. The second-order valence-electron chi connectivity index (χ2n) is 9.77. The van der Waals surface area contributed by atoms with Gasteiger partial charge in [-0.15, -0.1) is 0 Å². The van der Waals surface area contributed by atoms with Crippen molar-refractivity contribution in [3.63, 3.8) is 0 Å². The highest BCUT2D eigenvalue weighted by Gasteiger charge is 2.34. The summed E-state index contributed by atoms with van der Waals surface area (Å²) in [5, 5.41) is 12.2. The van der Waals surface area contributed by atoms with Crippen LogP contribution >= 0.6 is 12.2 Å². The molecule has 0 amide bonds. The minimum Gasteiger partial charge on any atom is -0.497 e. The number of Topliss-reactive ketones (excluding diaryl/α,β-unsaturated/α-hetero) is 1. The molecule has 3 aromatic carbocycles. The Morgan fingerprint density at radius 1 is 1.14 bits per heavy atom. The van der Waals surface area contributed by atoms with Crippen molar-refractivity contribution in [3.8, 4) is 11.8 Å². The molecule has 1 unspecified atom stereocenters. The zero-order valence-corrected chi connectivity index (χ0v) is 24.0. The molecule has 1 heterocycles. The number of methoxy groups -OCH3 is 1. The van der Waals surface area contributed by atoms with Crippen LogP contribution in [0.1, 0.15) is 27.9 Å². The first kappa shape index (κ1) is 31.2. The van der Waals surface area contributed by atoms with Crippen molar-refractivity contribution in [3.05, 3.63) is 113 Å². The summed E-state index contributed by atoms with van der Waals surface area (Å²) in [4.78, 5) is 18.9. The number of benzene rings is 3. The molecular formula is C31H29F3N6O2S. The average Bonchev–Trinajstić information content (AvgIpc) is 3.43. The first-order valence-electron chi connectivity index (χ1n) is 13.2. The van der Waals surface area contributed by atoms with E-state index in [-0.39, 0.29) is 36.0 Å². The molecule has 4 rings (SSSR count).